The summed E-state index contributed by atoms with van der Waals surface area (Å²) in [5.41, 5.74) is 0.367. The van der Waals surface area contributed by atoms with E-state index in [1.54, 1.807) is 17.5 Å². The quantitative estimate of drug-likeness (QED) is 0.749. The summed E-state index contributed by atoms with van der Waals surface area (Å²) >= 11 is 1.63. The highest BCUT2D eigenvalue weighted by molar-refractivity contribution is 7.09. The maximum Gasteiger partial charge on any atom is 0.351 e. The predicted octanol–water partition coefficient (Wildman–Crippen LogP) is 0.866. The third kappa shape index (κ3) is 3.45. The van der Waals surface area contributed by atoms with E-state index in [2.05, 4.69) is 10.3 Å². The van der Waals surface area contributed by atoms with E-state index in [4.69, 9.17) is 9.84 Å². The molecule has 3 rings (SSSR count). The Bertz CT molecular complexity index is 716. The molecule has 0 aliphatic carbocycles. The van der Waals surface area contributed by atoms with Crippen molar-refractivity contribution in [2.75, 3.05) is 11.9 Å². The van der Waals surface area contributed by atoms with Crippen molar-refractivity contribution in [1.82, 2.24) is 9.55 Å². The number of hydrogen-bond acceptors (Lipinski definition) is 7. The van der Waals surface area contributed by atoms with Crippen molar-refractivity contribution in [3.8, 4) is 0 Å². The lowest BCUT2D eigenvalue weighted by molar-refractivity contribution is -0.0459. The molecule has 3 heterocycles. The molecule has 8 heteroatoms. The smallest absolute Gasteiger partial charge is 0.351 e. The van der Waals surface area contributed by atoms with Crippen molar-refractivity contribution in [1.29, 1.82) is 0 Å². The van der Waals surface area contributed by atoms with Crippen LogP contribution < -0.4 is 11.0 Å². The maximum atomic E-state index is 12.2. The van der Waals surface area contributed by atoms with Crippen LogP contribution in [0.2, 0.25) is 0 Å². The standard InChI is InChI=1S/C15H19N3O4S/c1-9-7-18(13-5-11(20)12(8-19)22-13)15(21)17-14(9)16-6-10-3-2-4-23-10/h2-4,7,11-13,19-20H,5-6,8H2,1H3,(H,16,17,21)/t11-,12-,13+/m0/s1. The number of aliphatic hydroxyl groups excluding tert-OH is 2. The number of anilines is 1. The van der Waals surface area contributed by atoms with Crippen molar-refractivity contribution < 1.29 is 14.9 Å². The van der Waals surface area contributed by atoms with Gasteiger partial charge < -0.3 is 20.3 Å². The molecular weight excluding hydrogens is 318 g/mol. The molecular formula is C15H19N3O4S. The van der Waals surface area contributed by atoms with Gasteiger partial charge in [0.1, 0.15) is 18.1 Å². The molecule has 2 aromatic heterocycles. The Kier molecular flexibility index (Phi) is 4.76. The maximum absolute atomic E-state index is 12.2. The van der Waals surface area contributed by atoms with Crippen LogP contribution in [0, 0.1) is 6.92 Å². The number of aromatic nitrogens is 2. The fourth-order valence-electron chi connectivity index (χ4n) is 2.59. The van der Waals surface area contributed by atoms with E-state index in [0.29, 0.717) is 12.4 Å². The Hall–Kier alpha value is -1.74. The molecule has 0 unspecified atom stereocenters. The Morgan fingerprint density at radius 3 is 3.04 bits per heavy atom. The zero-order valence-corrected chi connectivity index (χ0v) is 13.5. The first kappa shape index (κ1) is 16.1. The molecule has 0 bridgehead atoms. The van der Waals surface area contributed by atoms with Gasteiger partial charge in [0.25, 0.3) is 0 Å². The second-order valence-corrected chi connectivity index (χ2v) is 6.54. The highest BCUT2D eigenvalue weighted by atomic mass is 32.1. The number of nitrogens with zero attached hydrogens (tertiary/aromatic N) is 2. The second-order valence-electron chi connectivity index (χ2n) is 5.51. The zero-order chi connectivity index (χ0) is 16.4. The van der Waals surface area contributed by atoms with Gasteiger partial charge in [0, 0.05) is 23.1 Å². The predicted molar refractivity (Wildman–Crippen MR) is 86.5 cm³/mol. The minimum absolute atomic E-state index is 0.258. The fraction of sp³-hybridized carbons (Fsp3) is 0.467. The second kappa shape index (κ2) is 6.79. The molecule has 124 valence electrons. The summed E-state index contributed by atoms with van der Waals surface area (Å²) in [5.74, 6) is 0.539. The third-order valence-corrected chi connectivity index (χ3v) is 4.72. The summed E-state index contributed by atoms with van der Waals surface area (Å²) in [6.07, 6.45) is -0.123. The molecule has 1 aliphatic rings. The van der Waals surface area contributed by atoms with Gasteiger partial charge in [-0.1, -0.05) is 6.07 Å². The molecule has 23 heavy (non-hydrogen) atoms. The number of hydrogen-bond donors (Lipinski definition) is 3. The van der Waals surface area contributed by atoms with Crippen LogP contribution in [0.4, 0.5) is 5.82 Å². The summed E-state index contributed by atoms with van der Waals surface area (Å²) in [5, 5.41) is 24.1. The van der Waals surface area contributed by atoms with Crippen LogP contribution in [0.25, 0.3) is 0 Å². The average Bonchev–Trinajstić information content (AvgIpc) is 3.17. The lowest BCUT2D eigenvalue weighted by atomic mass is 10.2. The average molecular weight is 337 g/mol. The Morgan fingerprint density at radius 2 is 2.39 bits per heavy atom. The van der Waals surface area contributed by atoms with Gasteiger partial charge in [0.2, 0.25) is 0 Å². The van der Waals surface area contributed by atoms with Gasteiger partial charge >= 0.3 is 5.69 Å². The molecule has 0 spiro atoms. The van der Waals surface area contributed by atoms with Crippen LogP contribution >= 0.6 is 11.3 Å². The molecule has 1 aliphatic heterocycles. The van der Waals surface area contributed by atoms with Crippen LogP contribution in [0.5, 0.6) is 0 Å². The monoisotopic (exact) mass is 337 g/mol. The van der Waals surface area contributed by atoms with Crippen molar-refractivity contribution >= 4 is 17.2 Å². The number of nitrogens with one attached hydrogen (secondary N) is 1. The Morgan fingerprint density at radius 1 is 1.57 bits per heavy atom. The molecule has 2 aromatic rings. The van der Waals surface area contributed by atoms with E-state index in [9.17, 15) is 9.90 Å². The fourth-order valence-corrected chi connectivity index (χ4v) is 3.23. The first-order valence-electron chi connectivity index (χ1n) is 7.39. The van der Waals surface area contributed by atoms with Crippen molar-refractivity contribution in [3.63, 3.8) is 0 Å². The third-order valence-electron chi connectivity index (χ3n) is 3.84. The molecule has 1 fully saturated rings. The van der Waals surface area contributed by atoms with Crippen molar-refractivity contribution in [3.05, 3.63) is 44.6 Å². The van der Waals surface area contributed by atoms with E-state index >= 15 is 0 Å². The summed E-state index contributed by atoms with van der Waals surface area (Å²) in [4.78, 5) is 17.5. The van der Waals surface area contributed by atoms with Gasteiger partial charge in [0.05, 0.1) is 19.3 Å². The van der Waals surface area contributed by atoms with Crippen LogP contribution in [0.3, 0.4) is 0 Å². The van der Waals surface area contributed by atoms with Crippen molar-refractivity contribution in [2.24, 2.45) is 0 Å². The first-order chi connectivity index (χ1) is 11.1. The Balaban J connectivity index is 1.76. The Labute approximate surface area is 137 Å². The summed E-state index contributed by atoms with van der Waals surface area (Å²) in [7, 11) is 0. The van der Waals surface area contributed by atoms with E-state index in [1.165, 1.54) is 4.57 Å². The SMILES string of the molecule is Cc1cn([C@H]2C[C@H](O)[C@H](CO)O2)c(=O)nc1NCc1cccs1. The van der Waals surface area contributed by atoms with Crippen LogP contribution in [-0.4, -0.2) is 38.6 Å². The zero-order valence-electron chi connectivity index (χ0n) is 12.7. The van der Waals surface area contributed by atoms with E-state index in [1.807, 2.05) is 24.4 Å². The van der Waals surface area contributed by atoms with Gasteiger partial charge in [0.15, 0.2) is 0 Å². The first-order valence-corrected chi connectivity index (χ1v) is 8.27. The number of rotatable bonds is 5. The van der Waals surface area contributed by atoms with E-state index in [0.717, 1.165) is 10.4 Å². The topological polar surface area (TPSA) is 96.6 Å². The van der Waals surface area contributed by atoms with Gasteiger partial charge in [-0.3, -0.25) is 4.57 Å². The van der Waals surface area contributed by atoms with Gasteiger partial charge in [-0.05, 0) is 18.4 Å². The summed E-state index contributed by atoms with van der Waals surface area (Å²) in [6, 6.07) is 3.98. The van der Waals surface area contributed by atoms with Gasteiger partial charge in [-0.2, -0.15) is 4.98 Å². The molecule has 3 atom stereocenters. The highest BCUT2D eigenvalue weighted by Crippen LogP contribution is 2.28. The molecule has 0 radical (unpaired) electrons. The molecule has 3 N–H and O–H groups in total. The molecule has 7 nitrogen and oxygen atoms in total. The number of ether oxygens (including phenoxy) is 1. The van der Waals surface area contributed by atoms with Gasteiger partial charge in [-0.15, -0.1) is 11.3 Å². The highest BCUT2D eigenvalue weighted by Gasteiger charge is 2.35. The number of aliphatic hydroxyl groups is 2. The lowest BCUT2D eigenvalue weighted by Crippen LogP contribution is -2.29. The molecule has 0 saturated carbocycles. The summed E-state index contributed by atoms with van der Waals surface area (Å²) in [6.45, 7) is 2.19. The lowest BCUT2D eigenvalue weighted by Gasteiger charge is -2.16. The minimum Gasteiger partial charge on any atom is -0.394 e. The van der Waals surface area contributed by atoms with E-state index in [-0.39, 0.29) is 13.0 Å². The number of aryl methyl sites for hydroxylation is 1. The summed E-state index contributed by atoms with van der Waals surface area (Å²) < 4.78 is 6.87. The normalized spacial score (nSPS) is 24.0. The number of thiophene rings is 1. The van der Waals surface area contributed by atoms with Crippen LogP contribution in [0.1, 0.15) is 23.1 Å². The van der Waals surface area contributed by atoms with Gasteiger partial charge in [-0.25, -0.2) is 4.79 Å². The van der Waals surface area contributed by atoms with E-state index < -0.39 is 24.1 Å². The molecule has 0 amide bonds. The molecule has 1 saturated heterocycles. The van der Waals surface area contributed by atoms with Crippen molar-refractivity contribution in [2.45, 2.75) is 38.3 Å². The minimum atomic E-state index is -0.783. The van der Waals surface area contributed by atoms with Crippen LogP contribution in [0.15, 0.2) is 28.5 Å². The molecule has 0 aromatic carbocycles. The van der Waals surface area contributed by atoms with Crippen LogP contribution in [-0.2, 0) is 11.3 Å². The largest absolute Gasteiger partial charge is 0.394 e.